The molecule has 2 aromatic heterocycles. The van der Waals surface area contributed by atoms with E-state index in [2.05, 4.69) is 22.4 Å². The van der Waals surface area contributed by atoms with Crippen molar-refractivity contribution in [2.24, 2.45) is 0 Å². The van der Waals surface area contributed by atoms with Crippen LogP contribution in [0.2, 0.25) is 4.34 Å². The van der Waals surface area contributed by atoms with E-state index in [9.17, 15) is 13.2 Å². The first-order valence-electron chi connectivity index (χ1n) is 9.59. The van der Waals surface area contributed by atoms with Crippen molar-refractivity contribution in [2.75, 3.05) is 11.9 Å². The third-order valence-corrected chi connectivity index (χ3v) is 10.1. The normalized spacial score (nSPS) is 18.8. The van der Waals surface area contributed by atoms with E-state index in [4.69, 9.17) is 11.6 Å². The molecule has 10 heteroatoms. The Hall–Kier alpha value is -1.78. The largest absolute Gasteiger partial charge is 0.301 e. The molecule has 1 fully saturated rings. The van der Waals surface area contributed by atoms with Crippen LogP contribution in [0.4, 0.5) is 5.13 Å². The first-order valence-corrected chi connectivity index (χ1v) is 13.0. The van der Waals surface area contributed by atoms with E-state index in [1.807, 2.05) is 12.1 Å². The van der Waals surface area contributed by atoms with E-state index >= 15 is 0 Å². The molecular formula is C20H18ClN3O3S3. The van der Waals surface area contributed by atoms with Crippen molar-refractivity contribution in [1.29, 1.82) is 0 Å². The van der Waals surface area contributed by atoms with Gasteiger partial charge in [-0.05, 0) is 43.4 Å². The molecule has 3 heterocycles. The molecule has 2 aliphatic rings. The van der Waals surface area contributed by atoms with Crippen LogP contribution in [-0.4, -0.2) is 36.2 Å². The molecule has 1 aliphatic heterocycles. The Morgan fingerprint density at radius 2 is 2.00 bits per heavy atom. The molecule has 1 unspecified atom stereocenters. The lowest BCUT2D eigenvalue weighted by molar-refractivity contribution is -0.119. The maximum Gasteiger partial charge on any atom is 0.253 e. The van der Waals surface area contributed by atoms with Crippen LogP contribution in [0.15, 0.2) is 40.6 Å². The standard InChI is InChI=1S/C20H18ClN3O3S3/c21-16-9-10-17(29-16)30(26,27)24-11-3-6-14(24)19(25)23-20-22-18-13-5-2-1-4-12(13)7-8-15(18)28-20/h1-2,4-5,9-10,14H,3,6-8,11H2,(H,22,23,25). The number of benzene rings is 1. The lowest BCUT2D eigenvalue weighted by Gasteiger charge is -2.22. The van der Waals surface area contributed by atoms with Gasteiger partial charge in [0.2, 0.25) is 5.91 Å². The van der Waals surface area contributed by atoms with Gasteiger partial charge in [0, 0.05) is 17.0 Å². The SMILES string of the molecule is O=C(Nc1nc2c(s1)CCc1ccccc1-2)C1CCCN1S(=O)(=O)c1ccc(Cl)s1. The lowest BCUT2D eigenvalue weighted by Crippen LogP contribution is -2.42. The third kappa shape index (κ3) is 3.48. The number of anilines is 1. The van der Waals surface area contributed by atoms with Gasteiger partial charge >= 0.3 is 0 Å². The summed E-state index contributed by atoms with van der Waals surface area (Å²) < 4.78 is 27.8. The number of thiophene rings is 1. The number of nitrogens with zero attached hydrogens (tertiary/aromatic N) is 2. The molecule has 1 atom stereocenters. The van der Waals surface area contributed by atoms with Gasteiger partial charge in [-0.2, -0.15) is 4.31 Å². The lowest BCUT2D eigenvalue weighted by atomic mass is 9.94. The molecule has 5 rings (SSSR count). The average molecular weight is 480 g/mol. The molecule has 30 heavy (non-hydrogen) atoms. The zero-order valence-electron chi connectivity index (χ0n) is 15.8. The second kappa shape index (κ2) is 7.72. The number of carbonyl (C=O) groups is 1. The number of hydrogen-bond acceptors (Lipinski definition) is 6. The van der Waals surface area contributed by atoms with E-state index in [0.717, 1.165) is 40.3 Å². The highest BCUT2D eigenvalue weighted by Crippen LogP contribution is 2.38. The predicted octanol–water partition coefficient (Wildman–Crippen LogP) is 4.42. The van der Waals surface area contributed by atoms with Crippen LogP contribution in [0.1, 0.15) is 23.3 Å². The quantitative estimate of drug-likeness (QED) is 0.600. The molecule has 3 aromatic rings. The minimum atomic E-state index is -3.76. The number of aromatic nitrogens is 1. The number of aryl methyl sites for hydroxylation is 2. The fourth-order valence-electron chi connectivity index (χ4n) is 4.03. The summed E-state index contributed by atoms with van der Waals surface area (Å²) in [5, 5.41) is 3.39. The topological polar surface area (TPSA) is 79.4 Å². The molecule has 1 saturated heterocycles. The van der Waals surface area contributed by atoms with Crippen LogP contribution >= 0.6 is 34.3 Å². The van der Waals surface area contributed by atoms with Crippen LogP contribution in [0.25, 0.3) is 11.3 Å². The molecule has 1 N–H and O–H groups in total. The van der Waals surface area contributed by atoms with Crippen molar-refractivity contribution in [2.45, 2.75) is 35.9 Å². The highest BCUT2D eigenvalue weighted by atomic mass is 35.5. The summed E-state index contributed by atoms with van der Waals surface area (Å²) in [7, 11) is -3.76. The maximum atomic E-state index is 13.0. The van der Waals surface area contributed by atoms with Crippen LogP contribution in [-0.2, 0) is 27.7 Å². The Bertz CT molecular complexity index is 1230. The first-order chi connectivity index (χ1) is 14.4. The van der Waals surface area contributed by atoms with Gasteiger partial charge in [0.15, 0.2) is 5.13 Å². The van der Waals surface area contributed by atoms with Gasteiger partial charge in [0.25, 0.3) is 10.0 Å². The van der Waals surface area contributed by atoms with E-state index in [1.54, 1.807) is 6.07 Å². The number of amides is 1. The number of sulfonamides is 1. The Morgan fingerprint density at radius 3 is 2.80 bits per heavy atom. The van der Waals surface area contributed by atoms with Crippen molar-refractivity contribution < 1.29 is 13.2 Å². The number of carbonyl (C=O) groups excluding carboxylic acids is 1. The van der Waals surface area contributed by atoms with E-state index in [-0.39, 0.29) is 10.1 Å². The number of rotatable bonds is 4. The number of halogens is 1. The first kappa shape index (κ1) is 20.1. The Balaban J connectivity index is 1.38. The molecule has 0 saturated carbocycles. The molecule has 0 bridgehead atoms. The van der Waals surface area contributed by atoms with Crippen LogP contribution in [0.5, 0.6) is 0 Å². The van der Waals surface area contributed by atoms with Gasteiger partial charge < -0.3 is 5.32 Å². The third-order valence-electron chi connectivity index (χ3n) is 5.44. The summed E-state index contributed by atoms with van der Waals surface area (Å²) in [6, 6.07) is 10.5. The number of thiazole rings is 1. The molecule has 1 amide bonds. The van der Waals surface area contributed by atoms with Gasteiger partial charge in [-0.1, -0.05) is 35.9 Å². The van der Waals surface area contributed by atoms with Crippen LogP contribution in [0, 0.1) is 0 Å². The molecule has 1 aromatic carbocycles. The summed E-state index contributed by atoms with van der Waals surface area (Å²) in [5.41, 5.74) is 3.28. The van der Waals surface area contributed by atoms with E-state index < -0.39 is 16.1 Å². The highest BCUT2D eigenvalue weighted by Gasteiger charge is 2.40. The van der Waals surface area contributed by atoms with E-state index in [1.165, 1.54) is 27.3 Å². The average Bonchev–Trinajstić information content (AvgIpc) is 3.47. The predicted molar refractivity (Wildman–Crippen MR) is 120 cm³/mol. The summed E-state index contributed by atoms with van der Waals surface area (Å²) in [4.78, 5) is 18.8. The molecule has 156 valence electrons. The van der Waals surface area contributed by atoms with Crippen LogP contribution in [0.3, 0.4) is 0 Å². The molecule has 0 spiro atoms. The fraction of sp³-hybridized carbons (Fsp3) is 0.300. The minimum Gasteiger partial charge on any atom is -0.301 e. The minimum absolute atomic E-state index is 0.161. The van der Waals surface area contributed by atoms with Crippen molar-refractivity contribution in [3.63, 3.8) is 0 Å². The van der Waals surface area contributed by atoms with Gasteiger partial charge in [0.1, 0.15) is 10.3 Å². The Morgan fingerprint density at radius 1 is 1.17 bits per heavy atom. The molecule has 6 nitrogen and oxygen atoms in total. The highest BCUT2D eigenvalue weighted by molar-refractivity contribution is 7.91. The summed E-state index contributed by atoms with van der Waals surface area (Å²) in [6.45, 7) is 0.317. The van der Waals surface area contributed by atoms with Gasteiger partial charge in [0.05, 0.1) is 10.0 Å². The Labute approximate surface area is 187 Å². The van der Waals surface area contributed by atoms with Gasteiger partial charge in [-0.3, -0.25) is 4.79 Å². The second-order valence-electron chi connectivity index (χ2n) is 7.27. The van der Waals surface area contributed by atoms with E-state index in [0.29, 0.717) is 28.9 Å². The van der Waals surface area contributed by atoms with Crippen LogP contribution < -0.4 is 5.32 Å². The van der Waals surface area contributed by atoms with Crippen molar-refractivity contribution >= 4 is 55.3 Å². The zero-order chi connectivity index (χ0) is 20.9. The molecule has 1 aliphatic carbocycles. The fourth-order valence-corrected chi connectivity index (χ4v) is 8.28. The smallest absolute Gasteiger partial charge is 0.253 e. The van der Waals surface area contributed by atoms with Crippen molar-refractivity contribution in [1.82, 2.24) is 9.29 Å². The molecule has 0 radical (unpaired) electrons. The van der Waals surface area contributed by atoms with Gasteiger partial charge in [-0.25, -0.2) is 13.4 Å². The summed E-state index contributed by atoms with van der Waals surface area (Å²) in [5.74, 6) is -0.335. The number of fused-ring (bicyclic) bond motifs is 3. The monoisotopic (exact) mass is 479 g/mol. The summed E-state index contributed by atoms with van der Waals surface area (Å²) >= 11 is 8.39. The van der Waals surface area contributed by atoms with Crippen molar-refractivity contribution in [3.05, 3.63) is 51.2 Å². The van der Waals surface area contributed by atoms with Gasteiger partial charge in [-0.15, -0.1) is 22.7 Å². The maximum absolute atomic E-state index is 13.0. The second-order valence-corrected chi connectivity index (χ2v) is 12.2. The number of nitrogens with one attached hydrogen (secondary N) is 1. The Kier molecular flexibility index (Phi) is 5.19. The summed E-state index contributed by atoms with van der Waals surface area (Å²) in [6.07, 6.45) is 2.97. The molecular weight excluding hydrogens is 462 g/mol. The number of hydrogen-bond donors (Lipinski definition) is 1. The zero-order valence-corrected chi connectivity index (χ0v) is 19.0. The van der Waals surface area contributed by atoms with Crippen molar-refractivity contribution in [3.8, 4) is 11.3 Å².